The van der Waals surface area contributed by atoms with Crippen molar-refractivity contribution in [2.24, 2.45) is 0 Å². The highest BCUT2D eigenvalue weighted by atomic mass is 35.5. The minimum absolute atomic E-state index is 0.00270. The van der Waals surface area contributed by atoms with Gasteiger partial charge >= 0.3 is 6.18 Å². The highest BCUT2D eigenvalue weighted by Gasteiger charge is 2.38. The number of amides is 1. The fraction of sp³-hybridized carbons (Fsp3) is 0.278. The number of nitrogens with zero attached hydrogens (tertiary/aromatic N) is 3. The molecule has 27 heavy (non-hydrogen) atoms. The summed E-state index contributed by atoms with van der Waals surface area (Å²) in [7, 11) is 0. The Morgan fingerprint density at radius 1 is 1.33 bits per heavy atom. The van der Waals surface area contributed by atoms with E-state index in [1.54, 1.807) is 25.1 Å². The molecule has 0 radical (unpaired) electrons. The van der Waals surface area contributed by atoms with Crippen LogP contribution in [-0.2, 0) is 6.18 Å². The number of hydrogen-bond acceptors (Lipinski definition) is 3. The van der Waals surface area contributed by atoms with Crippen LogP contribution in [0.15, 0.2) is 30.5 Å². The van der Waals surface area contributed by atoms with Gasteiger partial charge in [0.25, 0.3) is 5.91 Å². The third kappa shape index (κ3) is 3.25. The second kappa shape index (κ2) is 6.23. The van der Waals surface area contributed by atoms with Crippen molar-refractivity contribution in [1.82, 2.24) is 14.6 Å². The Hall–Kier alpha value is -2.61. The van der Waals surface area contributed by atoms with Crippen LogP contribution in [0.3, 0.4) is 0 Å². The molecule has 4 rings (SSSR count). The first kappa shape index (κ1) is 17.8. The average Bonchev–Trinajstić information content (AvgIpc) is 3.36. The van der Waals surface area contributed by atoms with Crippen LogP contribution in [0, 0.1) is 6.92 Å². The zero-order valence-electron chi connectivity index (χ0n) is 14.1. The summed E-state index contributed by atoms with van der Waals surface area (Å²) < 4.78 is 41.0. The van der Waals surface area contributed by atoms with Crippen molar-refractivity contribution in [3.8, 4) is 0 Å². The second-order valence-corrected chi connectivity index (χ2v) is 6.91. The lowest BCUT2D eigenvalue weighted by atomic mass is 10.2. The van der Waals surface area contributed by atoms with Gasteiger partial charge in [0.15, 0.2) is 5.65 Å². The van der Waals surface area contributed by atoms with Crippen LogP contribution in [0.25, 0.3) is 5.65 Å². The van der Waals surface area contributed by atoms with Crippen LogP contribution in [0.1, 0.15) is 46.1 Å². The van der Waals surface area contributed by atoms with Gasteiger partial charge in [0.05, 0.1) is 6.20 Å². The van der Waals surface area contributed by atoms with E-state index in [0.717, 1.165) is 25.1 Å². The molecular weight excluding hydrogens is 381 g/mol. The third-order valence-corrected chi connectivity index (χ3v) is 4.95. The molecule has 0 aliphatic heterocycles. The normalized spacial score (nSPS) is 14.6. The van der Waals surface area contributed by atoms with Gasteiger partial charge in [-0.3, -0.25) is 4.79 Å². The summed E-state index contributed by atoms with van der Waals surface area (Å²) in [4.78, 5) is 17.0. The third-order valence-electron chi connectivity index (χ3n) is 4.54. The molecule has 0 saturated heterocycles. The van der Waals surface area contributed by atoms with E-state index in [0.29, 0.717) is 26.5 Å². The lowest BCUT2D eigenvalue weighted by Crippen LogP contribution is -2.16. The number of alkyl halides is 3. The summed E-state index contributed by atoms with van der Waals surface area (Å²) in [6.07, 6.45) is -1.92. The SMILES string of the molecule is Cc1c(Cl)cccc1NC(=O)c1cnn2c(C(F)(F)F)cc(C3CC3)nc12. The Labute approximate surface area is 157 Å². The standard InChI is InChI=1S/C18H14ClF3N4O/c1-9-12(19)3-2-4-13(9)25-17(27)11-8-23-26-15(18(20,21)22)7-14(10-5-6-10)24-16(11)26/h2-4,7-8,10H,5-6H2,1H3,(H,25,27). The molecule has 1 amide bonds. The lowest BCUT2D eigenvalue weighted by molar-refractivity contribution is -0.142. The average molecular weight is 395 g/mol. The van der Waals surface area contributed by atoms with E-state index in [9.17, 15) is 18.0 Å². The molecule has 140 valence electrons. The molecule has 0 spiro atoms. The number of hydrogen-bond donors (Lipinski definition) is 1. The smallest absolute Gasteiger partial charge is 0.322 e. The van der Waals surface area contributed by atoms with Crippen molar-refractivity contribution in [3.63, 3.8) is 0 Å². The van der Waals surface area contributed by atoms with Crippen LogP contribution >= 0.6 is 11.6 Å². The molecule has 2 heterocycles. The fourth-order valence-electron chi connectivity index (χ4n) is 2.86. The van der Waals surface area contributed by atoms with Gasteiger partial charge in [0, 0.05) is 22.3 Å². The summed E-state index contributed by atoms with van der Waals surface area (Å²) in [5, 5.41) is 6.90. The largest absolute Gasteiger partial charge is 0.433 e. The van der Waals surface area contributed by atoms with Crippen LogP contribution in [0.2, 0.25) is 5.02 Å². The van der Waals surface area contributed by atoms with E-state index in [-0.39, 0.29) is 17.1 Å². The number of halogens is 4. The summed E-state index contributed by atoms with van der Waals surface area (Å²) >= 11 is 6.05. The van der Waals surface area contributed by atoms with Gasteiger partial charge in [-0.15, -0.1) is 0 Å². The van der Waals surface area contributed by atoms with E-state index >= 15 is 0 Å². The van der Waals surface area contributed by atoms with Gasteiger partial charge in [0.1, 0.15) is 11.3 Å². The zero-order valence-corrected chi connectivity index (χ0v) is 14.9. The number of carbonyl (C=O) groups is 1. The molecule has 5 nitrogen and oxygen atoms in total. The van der Waals surface area contributed by atoms with Crippen molar-refractivity contribution in [2.45, 2.75) is 31.9 Å². The molecule has 1 aromatic carbocycles. The number of benzene rings is 1. The maximum absolute atomic E-state index is 13.4. The van der Waals surface area contributed by atoms with Crippen molar-refractivity contribution < 1.29 is 18.0 Å². The number of rotatable bonds is 3. The second-order valence-electron chi connectivity index (χ2n) is 6.50. The van der Waals surface area contributed by atoms with Gasteiger partial charge in [-0.05, 0) is 43.5 Å². The molecule has 0 bridgehead atoms. The van der Waals surface area contributed by atoms with Crippen LogP contribution in [-0.4, -0.2) is 20.5 Å². The molecule has 2 aromatic heterocycles. The predicted octanol–water partition coefficient (Wildman–Crippen LogP) is 4.84. The number of carbonyl (C=O) groups excluding carboxylic acids is 1. The lowest BCUT2D eigenvalue weighted by Gasteiger charge is -2.11. The Morgan fingerprint density at radius 2 is 2.07 bits per heavy atom. The minimum Gasteiger partial charge on any atom is -0.322 e. The van der Waals surface area contributed by atoms with E-state index in [2.05, 4.69) is 15.4 Å². The summed E-state index contributed by atoms with van der Waals surface area (Å²) in [6.45, 7) is 1.74. The summed E-state index contributed by atoms with van der Waals surface area (Å²) in [5.74, 6) is -0.596. The van der Waals surface area contributed by atoms with Crippen LogP contribution < -0.4 is 5.32 Å². The van der Waals surface area contributed by atoms with E-state index in [4.69, 9.17) is 11.6 Å². The Bertz CT molecular complexity index is 1060. The monoisotopic (exact) mass is 394 g/mol. The van der Waals surface area contributed by atoms with Crippen LogP contribution in [0.5, 0.6) is 0 Å². The van der Waals surface area contributed by atoms with Crippen molar-refractivity contribution >= 4 is 28.8 Å². The summed E-state index contributed by atoms with van der Waals surface area (Å²) in [6, 6.07) is 6.03. The molecule has 1 fully saturated rings. The van der Waals surface area contributed by atoms with Gasteiger partial charge in [-0.1, -0.05) is 17.7 Å². The van der Waals surface area contributed by atoms with Crippen molar-refractivity contribution in [2.75, 3.05) is 5.32 Å². The maximum atomic E-state index is 13.4. The Balaban J connectivity index is 1.79. The molecule has 1 aliphatic carbocycles. The van der Waals surface area contributed by atoms with Gasteiger partial charge in [0.2, 0.25) is 0 Å². The number of nitrogens with one attached hydrogen (secondary N) is 1. The fourth-order valence-corrected chi connectivity index (χ4v) is 3.04. The Morgan fingerprint density at radius 3 is 2.74 bits per heavy atom. The topological polar surface area (TPSA) is 59.3 Å². The first-order chi connectivity index (χ1) is 12.8. The van der Waals surface area contributed by atoms with E-state index < -0.39 is 17.8 Å². The van der Waals surface area contributed by atoms with Crippen molar-refractivity contribution in [3.05, 3.63) is 58.0 Å². The number of anilines is 1. The molecule has 9 heteroatoms. The molecule has 1 aliphatic rings. The molecule has 1 N–H and O–H groups in total. The highest BCUT2D eigenvalue weighted by molar-refractivity contribution is 6.31. The summed E-state index contributed by atoms with van der Waals surface area (Å²) in [5.41, 5.74) is 0.398. The van der Waals surface area contributed by atoms with Gasteiger partial charge < -0.3 is 5.32 Å². The highest BCUT2D eigenvalue weighted by Crippen LogP contribution is 2.41. The molecular formula is C18H14ClF3N4O. The van der Waals surface area contributed by atoms with E-state index in [1.165, 1.54) is 0 Å². The molecule has 1 saturated carbocycles. The predicted molar refractivity (Wildman–Crippen MR) is 94.1 cm³/mol. The molecule has 0 atom stereocenters. The van der Waals surface area contributed by atoms with Crippen LogP contribution in [0.4, 0.5) is 18.9 Å². The van der Waals surface area contributed by atoms with Gasteiger partial charge in [-0.2, -0.15) is 18.3 Å². The Kier molecular flexibility index (Phi) is 4.10. The van der Waals surface area contributed by atoms with Crippen molar-refractivity contribution in [1.29, 1.82) is 0 Å². The molecule has 3 aromatic rings. The van der Waals surface area contributed by atoms with E-state index in [1.807, 2.05) is 0 Å². The first-order valence-electron chi connectivity index (χ1n) is 8.28. The number of aromatic nitrogens is 3. The zero-order chi connectivity index (χ0) is 19.3. The quantitative estimate of drug-likeness (QED) is 0.691. The minimum atomic E-state index is -4.60. The van der Waals surface area contributed by atoms with Gasteiger partial charge in [-0.25, -0.2) is 9.50 Å². The maximum Gasteiger partial charge on any atom is 0.433 e. The first-order valence-corrected chi connectivity index (χ1v) is 8.66. The molecule has 0 unspecified atom stereocenters. The number of fused-ring (bicyclic) bond motifs is 1.